The number of piperidine rings is 1. The van der Waals surface area contributed by atoms with E-state index in [1.807, 2.05) is 30.3 Å². The van der Waals surface area contributed by atoms with Gasteiger partial charge in [-0.15, -0.1) is 0 Å². The van der Waals surface area contributed by atoms with E-state index in [0.717, 1.165) is 30.8 Å². The molecule has 104 valence electrons. The third kappa shape index (κ3) is 2.72. The van der Waals surface area contributed by atoms with Crippen LogP contribution in [0.3, 0.4) is 0 Å². The number of hydrogen-bond acceptors (Lipinski definition) is 5. The van der Waals surface area contributed by atoms with Gasteiger partial charge in [0.15, 0.2) is 5.82 Å². The Balaban J connectivity index is 1.94. The van der Waals surface area contributed by atoms with Crippen molar-refractivity contribution in [2.45, 2.75) is 18.9 Å². The average Bonchev–Trinajstić information content (AvgIpc) is 2.47. The number of hydrogen-bond donors (Lipinski definition) is 2. The van der Waals surface area contributed by atoms with E-state index in [1.54, 1.807) is 6.07 Å². The summed E-state index contributed by atoms with van der Waals surface area (Å²) in [6.07, 6.45) is 1.52. The number of nitrogens with zero attached hydrogens (tertiary/aromatic N) is 3. The highest BCUT2D eigenvalue weighted by Crippen LogP contribution is 2.23. The zero-order valence-electron chi connectivity index (χ0n) is 11.2. The molecule has 5 heteroatoms. The summed E-state index contributed by atoms with van der Waals surface area (Å²) < 4.78 is 0. The van der Waals surface area contributed by atoms with Gasteiger partial charge in [-0.1, -0.05) is 30.3 Å². The van der Waals surface area contributed by atoms with Crippen LogP contribution in [0.1, 0.15) is 12.8 Å². The predicted octanol–water partition coefficient (Wildman–Crippen LogP) is 1.69. The lowest BCUT2D eigenvalue weighted by Crippen LogP contribution is -2.38. The Labute approximate surface area is 118 Å². The van der Waals surface area contributed by atoms with Crippen molar-refractivity contribution in [2.75, 3.05) is 23.7 Å². The van der Waals surface area contributed by atoms with Crippen molar-refractivity contribution in [3.05, 3.63) is 36.4 Å². The van der Waals surface area contributed by atoms with Crippen LogP contribution >= 0.6 is 0 Å². The molecule has 1 fully saturated rings. The minimum Gasteiger partial charge on any atom is -0.391 e. The largest absolute Gasteiger partial charge is 0.391 e. The van der Waals surface area contributed by atoms with Crippen LogP contribution < -0.4 is 10.6 Å². The lowest BCUT2D eigenvalue weighted by molar-refractivity contribution is 0.154. The van der Waals surface area contributed by atoms with E-state index in [0.29, 0.717) is 18.2 Å². The molecule has 3 rings (SSSR count). The average molecular weight is 270 g/mol. The monoisotopic (exact) mass is 270 g/mol. The van der Waals surface area contributed by atoms with Gasteiger partial charge in [0.05, 0.1) is 6.10 Å². The number of anilines is 2. The zero-order valence-corrected chi connectivity index (χ0v) is 11.2. The quantitative estimate of drug-likeness (QED) is 0.868. The van der Waals surface area contributed by atoms with Crippen molar-refractivity contribution in [1.82, 2.24) is 9.97 Å². The van der Waals surface area contributed by atoms with Gasteiger partial charge < -0.3 is 15.7 Å². The molecule has 0 bridgehead atoms. The van der Waals surface area contributed by atoms with E-state index in [1.165, 1.54) is 0 Å². The maximum atomic E-state index is 9.78. The third-order valence-electron chi connectivity index (χ3n) is 3.48. The summed E-state index contributed by atoms with van der Waals surface area (Å²) >= 11 is 0. The van der Waals surface area contributed by atoms with Crippen LogP contribution in [0, 0.1) is 0 Å². The van der Waals surface area contributed by atoms with Crippen LogP contribution in [0.2, 0.25) is 0 Å². The van der Waals surface area contributed by atoms with Gasteiger partial charge in [0.2, 0.25) is 0 Å². The Morgan fingerprint density at radius 3 is 2.75 bits per heavy atom. The van der Waals surface area contributed by atoms with Gasteiger partial charge in [-0.05, 0) is 12.8 Å². The lowest BCUT2D eigenvalue weighted by Gasteiger charge is -2.31. The summed E-state index contributed by atoms with van der Waals surface area (Å²) in [7, 11) is 0. The Morgan fingerprint density at radius 2 is 2.00 bits per heavy atom. The van der Waals surface area contributed by atoms with Crippen molar-refractivity contribution in [1.29, 1.82) is 0 Å². The molecule has 3 N–H and O–H groups in total. The Kier molecular flexibility index (Phi) is 3.52. The first kappa shape index (κ1) is 12.9. The number of aliphatic hydroxyl groups is 1. The number of rotatable bonds is 2. The van der Waals surface area contributed by atoms with Gasteiger partial charge in [0.1, 0.15) is 11.6 Å². The third-order valence-corrected chi connectivity index (χ3v) is 3.48. The van der Waals surface area contributed by atoms with E-state index >= 15 is 0 Å². The minimum absolute atomic E-state index is 0.292. The second kappa shape index (κ2) is 5.46. The van der Waals surface area contributed by atoms with E-state index < -0.39 is 0 Å². The molecule has 5 nitrogen and oxygen atoms in total. The van der Waals surface area contributed by atoms with Gasteiger partial charge in [-0.25, -0.2) is 9.97 Å². The Morgan fingerprint density at radius 1 is 1.20 bits per heavy atom. The number of benzene rings is 1. The second-order valence-corrected chi connectivity index (χ2v) is 5.08. The van der Waals surface area contributed by atoms with Crippen molar-refractivity contribution in [3.8, 4) is 11.4 Å². The summed E-state index contributed by atoms with van der Waals surface area (Å²) in [5.41, 5.74) is 6.84. The molecular weight excluding hydrogens is 252 g/mol. The molecule has 1 unspecified atom stereocenters. The molecule has 0 saturated carbocycles. The maximum absolute atomic E-state index is 9.78. The summed E-state index contributed by atoms with van der Waals surface area (Å²) in [5.74, 6) is 1.87. The van der Waals surface area contributed by atoms with E-state index in [9.17, 15) is 5.11 Å². The Bertz CT molecular complexity index is 588. The Hall–Kier alpha value is -2.14. The number of aromatic nitrogens is 2. The molecule has 0 aliphatic carbocycles. The second-order valence-electron chi connectivity index (χ2n) is 5.08. The maximum Gasteiger partial charge on any atom is 0.163 e. The molecule has 0 radical (unpaired) electrons. The van der Waals surface area contributed by atoms with Crippen LogP contribution in [0.25, 0.3) is 11.4 Å². The summed E-state index contributed by atoms with van der Waals surface area (Å²) in [4.78, 5) is 10.9. The van der Waals surface area contributed by atoms with Gasteiger partial charge in [-0.2, -0.15) is 0 Å². The van der Waals surface area contributed by atoms with E-state index in [4.69, 9.17) is 5.73 Å². The van der Waals surface area contributed by atoms with Gasteiger partial charge in [-0.3, -0.25) is 0 Å². The first-order valence-electron chi connectivity index (χ1n) is 6.85. The SMILES string of the molecule is Nc1cc(N2CCCC(O)C2)nc(-c2ccccc2)n1. The number of nitrogen functional groups attached to an aromatic ring is 1. The van der Waals surface area contributed by atoms with Gasteiger partial charge in [0.25, 0.3) is 0 Å². The predicted molar refractivity (Wildman–Crippen MR) is 79.3 cm³/mol. The normalized spacial score (nSPS) is 19.1. The van der Waals surface area contributed by atoms with Crippen LogP contribution in [-0.2, 0) is 0 Å². The molecule has 1 atom stereocenters. The molecule has 1 aliphatic rings. The first-order valence-corrected chi connectivity index (χ1v) is 6.85. The fourth-order valence-corrected chi connectivity index (χ4v) is 2.49. The van der Waals surface area contributed by atoms with Crippen molar-refractivity contribution in [3.63, 3.8) is 0 Å². The molecule has 1 aromatic heterocycles. The van der Waals surface area contributed by atoms with Crippen LogP contribution in [0.15, 0.2) is 36.4 Å². The van der Waals surface area contributed by atoms with E-state index in [2.05, 4.69) is 14.9 Å². The number of β-amino-alcohol motifs (C(OH)–C–C–N with tert-alkyl or cyclic N) is 1. The number of nitrogens with two attached hydrogens (primary N) is 1. The van der Waals surface area contributed by atoms with Crippen LogP contribution in [-0.4, -0.2) is 34.3 Å². The van der Waals surface area contributed by atoms with Gasteiger partial charge in [0, 0.05) is 24.7 Å². The topological polar surface area (TPSA) is 75.3 Å². The molecule has 1 aliphatic heterocycles. The van der Waals surface area contributed by atoms with Crippen molar-refractivity contribution < 1.29 is 5.11 Å². The molecular formula is C15H18N4O. The highest BCUT2D eigenvalue weighted by atomic mass is 16.3. The highest BCUT2D eigenvalue weighted by molar-refractivity contribution is 5.60. The zero-order chi connectivity index (χ0) is 13.9. The standard InChI is InChI=1S/C15H18N4O/c16-13-9-14(19-8-4-7-12(20)10-19)18-15(17-13)11-5-2-1-3-6-11/h1-3,5-6,9,12,20H,4,7-8,10H2,(H2,16,17,18). The summed E-state index contributed by atoms with van der Waals surface area (Å²) in [5, 5.41) is 9.78. The van der Waals surface area contributed by atoms with E-state index in [-0.39, 0.29) is 6.10 Å². The number of aliphatic hydroxyl groups excluding tert-OH is 1. The molecule has 20 heavy (non-hydrogen) atoms. The molecule has 0 spiro atoms. The molecule has 2 heterocycles. The van der Waals surface area contributed by atoms with Crippen LogP contribution in [0.5, 0.6) is 0 Å². The molecule has 1 saturated heterocycles. The van der Waals surface area contributed by atoms with Crippen LogP contribution in [0.4, 0.5) is 11.6 Å². The highest BCUT2D eigenvalue weighted by Gasteiger charge is 2.20. The van der Waals surface area contributed by atoms with Crippen molar-refractivity contribution in [2.24, 2.45) is 0 Å². The summed E-state index contributed by atoms with van der Waals surface area (Å²) in [6, 6.07) is 11.5. The fraction of sp³-hybridized carbons (Fsp3) is 0.333. The first-order chi connectivity index (χ1) is 9.72. The molecule has 1 aromatic carbocycles. The lowest BCUT2D eigenvalue weighted by atomic mass is 10.1. The fourth-order valence-electron chi connectivity index (χ4n) is 2.49. The van der Waals surface area contributed by atoms with Gasteiger partial charge >= 0.3 is 0 Å². The molecule has 0 amide bonds. The smallest absolute Gasteiger partial charge is 0.163 e. The minimum atomic E-state index is -0.292. The van der Waals surface area contributed by atoms with Crippen molar-refractivity contribution >= 4 is 11.6 Å². The summed E-state index contributed by atoms with van der Waals surface area (Å²) in [6.45, 7) is 1.49. The molecule has 2 aromatic rings.